The molecule has 1 fully saturated rings. The number of aromatic amines is 2. The minimum atomic E-state index is -0.508. The Balaban J connectivity index is 1.31. The topological polar surface area (TPSA) is 117 Å². The molecular formula is C22H23N9. The first-order valence-corrected chi connectivity index (χ1v) is 10.4. The van der Waals surface area contributed by atoms with Crippen LogP contribution in [0.4, 0.5) is 5.82 Å². The molecule has 0 amide bonds. The van der Waals surface area contributed by atoms with E-state index in [9.17, 15) is 0 Å². The highest BCUT2D eigenvalue weighted by Crippen LogP contribution is 2.35. The van der Waals surface area contributed by atoms with E-state index in [1.54, 1.807) is 11.0 Å². The molecule has 1 aliphatic rings. The highest BCUT2D eigenvalue weighted by atomic mass is 15.2. The van der Waals surface area contributed by atoms with Crippen molar-refractivity contribution in [2.24, 2.45) is 12.8 Å². The summed E-state index contributed by atoms with van der Waals surface area (Å²) in [7, 11) is 1.92. The van der Waals surface area contributed by atoms with Gasteiger partial charge in [-0.2, -0.15) is 5.10 Å². The predicted octanol–water partition coefficient (Wildman–Crippen LogP) is 2.69. The quantitative estimate of drug-likeness (QED) is 0.419. The number of nitrogens with one attached hydrogen (secondary N) is 2. The van der Waals surface area contributed by atoms with Crippen LogP contribution in [0.3, 0.4) is 0 Å². The number of hydrogen-bond donors (Lipinski definition) is 3. The minimum absolute atomic E-state index is 0.508. The molecule has 0 spiro atoms. The first-order chi connectivity index (χ1) is 15.1. The molecule has 5 aromatic rings. The predicted molar refractivity (Wildman–Crippen MR) is 119 cm³/mol. The molecule has 0 atom stereocenters. The third-order valence-electron chi connectivity index (χ3n) is 6.29. The summed E-state index contributed by atoms with van der Waals surface area (Å²) in [5, 5.41) is 5.34. The van der Waals surface area contributed by atoms with Crippen LogP contribution in [0, 0.1) is 0 Å². The Kier molecular flexibility index (Phi) is 3.87. The van der Waals surface area contributed by atoms with E-state index in [0.29, 0.717) is 0 Å². The van der Waals surface area contributed by atoms with Crippen molar-refractivity contribution in [1.82, 2.24) is 34.7 Å². The number of hydrogen-bond acceptors (Lipinski definition) is 6. The molecule has 5 heterocycles. The number of benzene rings is 1. The van der Waals surface area contributed by atoms with E-state index in [0.717, 1.165) is 70.8 Å². The summed E-state index contributed by atoms with van der Waals surface area (Å²) in [6.07, 6.45) is 8.94. The lowest BCUT2D eigenvalue weighted by molar-refractivity contribution is 0.327. The molecule has 156 valence electrons. The molecule has 1 aliphatic heterocycles. The van der Waals surface area contributed by atoms with Crippen LogP contribution in [0.5, 0.6) is 0 Å². The highest BCUT2D eigenvalue weighted by molar-refractivity contribution is 5.92. The SMILES string of the molecule is Cn1cc(-c2cccc3[nH]c(C4(N)CCN(c5ncnc6[nH]ccc56)CC4)nc23)cn1. The van der Waals surface area contributed by atoms with Gasteiger partial charge in [0.25, 0.3) is 0 Å². The normalized spacial score (nSPS) is 16.4. The Morgan fingerprint density at radius 2 is 2.00 bits per heavy atom. The number of aryl methyl sites for hydroxylation is 1. The number of rotatable bonds is 3. The van der Waals surface area contributed by atoms with Gasteiger partial charge in [0.15, 0.2) is 0 Å². The summed E-state index contributed by atoms with van der Waals surface area (Å²) >= 11 is 0. The number of H-pyrrole nitrogens is 2. The summed E-state index contributed by atoms with van der Waals surface area (Å²) < 4.78 is 1.80. The van der Waals surface area contributed by atoms with Gasteiger partial charge in [-0.3, -0.25) is 4.68 Å². The van der Waals surface area contributed by atoms with Crippen LogP contribution in [-0.4, -0.2) is 47.8 Å². The Labute approximate surface area is 178 Å². The highest BCUT2D eigenvalue weighted by Gasteiger charge is 2.36. The van der Waals surface area contributed by atoms with Crippen LogP contribution in [0.25, 0.3) is 33.2 Å². The van der Waals surface area contributed by atoms with Gasteiger partial charge in [-0.1, -0.05) is 12.1 Å². The van der Waals surface area contributed by atoms with Crippen molar-refractivity contribution in [3.8, 4) is 11.1 Å². The second-order valence-electron chi connectivity index (χ2n) is 8.27. The van der Waals surface area contributed by atoms with E-state index in [1.165, 1.54) is 0 Å². The fourth-order valence-corrected chi connectivity index (χ4v) is 4.53. The molecule has 0 radical (unpaired) electrons. The number of imidazole rings is 1. The van der Waals surface area contributed by atoms with Gasteiger partial charge in [0, 0.05) is 43.7 Å². The second kappa shape index (κ2) is 6.64. The standard InChI is InChI=1S/C22H23N9/c1-30-12-14(11-27-30)15-3-2-4-17-18(15)29-21(28-17)22(23)6-9-31(10-7-22)20-16-5-8-24-19(16)25-13-26-20/h2-5,8,11-13H,6-7,9-10,23H2,1H3,(H,28,29)(H,24,25,26). The van der Waals surface area contributed by atoms with Crippen LogP contribution >= 0.6 is 0 Å². The first kappa shape index (κ1) is 18.1. The molecule has 6 rings (SSSR count). The molecule has 9 heteroatoms. The molecule has 4 aromatic heterocycles. The van der Waals surface area contributed by atoms with Gasteiger partial charge < -0.3 is 20.6 Å². The van der Waals surface area contributed by atoms with E-state index in [-0.39, 0.29) is 0 Å². The maximum absolute atomic E-state index is 6.89. The Morgan fingerprint density at radius 1 is 1.13 bits per heavy atom. The number of para-hydroxylation sites is 1. The zero-order valence-corrected chi connectivity index (χ0v) is 17.2. The van der Waals surface area contributed by atoms with Gasteiger partial charge in [0.1, 0.15) is 23.6 Å². The lowest BCUT2D eigenvalue weighted by Gasteiger charge is -2.38. The van der Waals surface area contributed by atoms with Gasteiger partial charge in [-0.05, 0) is 25.0 Å². The van der Waals surface area contributed by atoms with Crippen molar-refractivity contribution in [2.75, 3.05) is 18.0 Å². The Bertz CT molecular complexity index is 1380. The number of anilines is 1. The largest absolute Gasteiger partial charge is 0.356 e. The zero-order chi connectivity index (χ0) is 21.0. The van der Waals surface area contributed by atoms with Crippen LogP contribution in [0.1, 0.15) is 18.7 Å². The van der Waals surface area contributed by atoms with E-state index in [4.69, 9.17) is 10.7 Å². The number of aromatic nitrogens is 7. The molecular weight excluding hydrogens is 390 g/mol. The lowest BCUT2D eigenvalue weighted by atomic mass is 9.88. The Morgan fingerprint density at radius 3 is 2.81 bits per heavy atom. The molecule has 1 saturated heterocycles. The van der Waals surface area contributed by atoms with Gasteiger partial charge >= 0.3 is 0 Å². The number of nitrogens with two attached hydrogens (primary N) is 1. The van der Waals surface area contributed by atoms with E-state index >= 15 is 0 Å². The lowest BCUT2D eigenvalue weighted by Crippen LogP contribution is -2.49. The number of nitrogens with zero attached hydrogens (tertiary/aromatic N) is 6. The third-order valence-corrected chi connectivity index (χ3v) is 6.29. The second-order valence-corrected chi connectivity index (χ2v) is 8.27. The molecule has 9 nitrogen and oxygen atoms in total. The van der Waals surface area contributed by atoms with E-state index in [1.807, 2.05) is 43.8 Å². The summed E-state index contributed by atoms with van der Waals surface area (Å²) in [5.74, 6) is 1.80. The van der Waals surface area contributed by atoms with E-state index < -0.39 is 5.54 Å². The maximum atomic E-state index is 6.89. The summed E-state index contributed by atoms with van der Waals surface area (Å²) in [4.78, 5) is 22.7. The fourth-order valence-electron chi connectivity index (χ4n) is 4.53. The molecule has 0 aliphatic carbocycles. The van der Waals surface area contributed by atoms with Gasteiger partial charge in [0.2, 0.25) is 0 Å². The average Bonchev–Trinajstić information content (AvgIpc) is 3.53. The van der Waals surface area contributed by atoms with Crippen LogP contribution in [0.15, 0.2) is 49.2 Å². The molecule has 0 saturated carbocycles. The van der Waals surface area contributed by atoms with Crippen molar-refractivity contribution in [1.29, 1.82) is 0 Å². The average molecular weight is 413 g/mol. The van der Waals surface area contributed by atoms with Crippen molar-refractivity contribution in [3.05, 3.63) is 55.0 Å². The molecule has 0 unspecified atom stereocenters. The van der Waals surface area contributed by atoms with Crippen molar-refractivity contribution in [3.63, 3.8) is 0 Å². The summed E-state index contributed by atoms with van der Waals surface area (Å²) in [6, 6.07) is 8.19. The molecule has 4 N–H and O–H groups in total. The fraction of sp³-hybridized carbons (Fsp3) is 0.273. The van der Waals surface area contributed by atoms with Crippen molar-refractivity contribution >= 4 is 27.9 Å². The summed E-state index contributed by atoms with van der Waals surface area (Å²) in [5.41, 5.74) is 11.3. The zero-order valence-electron chi connectivity index (χ0n) is 17.2. The minimum Gasteiger partial charge on any atom is -0.356 e. The van der Waals surface area contributed by atoms with Crippen molar-refractivity contribution < 1.29 is 0 Å². The van der Waals surface area contributed by atoms with Gasteiger partial charge in [0.05, 0.1) is 28.2 Å². The molecule has 1 aromatic carbocycles. The van der Waals surface area contributed by atoms with Crippen molar-refractivity contribution in [2.45, 2.75) is 18.4 Å². The van der Waals surface area contributed by atoms with Crippen LogP contribution in [0.2, 0.25) is 0 Å². The van der Waals surface area contributed by atoms with Crippen LogP contribution < -0.4 is 10.6 Å². The smallest absolute Gasteiger partial charge is 0.142 e. The Hall–Kier alpha value is -3.72. The maximum Gasteiger partial charge on any atom is 0.142 e. The van der Waals surface area contributed by atoms with Crippen LogP contribution in [-0.2, 0) is 12.6 Å². The number of fused-ring (bicyclic) bond motifs is 2. The van der Waals surface area contributed by atoms with Gasteiger partial charge in [-0.25, -0.2) is 15.0 Å². The monoisotopic (exact) mass is 413 g/mol. The summed E-state index contributed by atoms with van der Waals surface area (Å²) in [6.45, 7) is 1.61. The first-order valence-electron chi connectivity index (χ1n) is 10.4. The van der Waals surface area contributed by atoms with E-state index in [2.05, 4.69) is 36.0 Å². The molecule has 0 bridgehead atoms. The number of piperidine rings is 1. The molecule has 31 heavy (non-hydrogen) atoms. The van der Waals surface area contributed by atoms with Gasteiger partial charge in [-0.15, -0.1) is 0 Å². The third kappa shape index (κ3) is 2.89.